The molecular weight excluding hydrogens is 725 g/mol. The molecule has 60 heavy (non-hydrogen) atoms. The number of nitrogens with zero attached hydrogens (tertiary/aromatic N) is 2. The van der Waals surface area contributed by atoms with Crippen LogP contribution in [-0.2, 0) is 10.8 Å². The average Bonchev–Trinajstić information content (AvgIpc) is 3.61. The van der Waals surface area contributed by atoms with E-state index in [2.05, 4.69) is 214 Å². The smallest absolute Gasteiger partial charge is 0.160 e. The van der Waals surface area contributed by atoms with E-state index in [4.69, 9.17) is 9.97 Å². The molecule has 1 aromatic heterocycles. The molecular formula is C58H40N2. The maximum absolute atomic E-state index is 5.42. The number of rotatable bonds is 4. The molecule has 0 N–H and O–H groups in total. The van der Waals surface area contributed by atoms with Crippen LogP contribution in [0.5, 0.6) is 0 Å². The van der Waals surface area contributed by atoms with Gasteiger partial charge in [-0.1, -0.05) is 202 Å². The molecule has 0 radical (unpaired) electrons. The first-order valence-electron chi connectivity index (χ1n) is 20.9. The molecule has 1 heterocycles. The zero-order valence-electron chi connectivity index (χ0n) is 33.5. The molecule has 2 aliphatic rings. The normalized spacial score (nSPS) is 14.1. The van der Waals surface area contributed by atoms with Gasteiger partial charge in [-0.05, 0) is 95.4 Å². The molecule has 10 aromatic rings. The van der Waals surface area contributed by atoms with E-state index in [9.17, 15) is 0 Å². The Morgan fingerprint density at radius 1 is 0.333 bits per heavy atom. The molecule has 9 aromatic carbocycles. The van der Waals surface area contributed by atoms with E-state index in [0.717, 1.165) is 28.1 Å². The Bertz CT molecular complexity index is 3240. The minimum absolute atomic E-state index is 0.185. The van der Waals surface area contributed by atoms with Crippen molar-refractivity contribution in [2.24, 2.45) is 0 Å². The van der Waals surface area contributed by atoms with Gasteiger partial charge in [0.25, 0.3) is 0 Å². The van der Waals surface area contributed by atoms with Crippen LogP contribution in [0.1, 0.15) is 47.2 Å². The lowest BCUT2D eigenvalue weighted by atomic mass is 9.55. The standard InChI is InChI=1S/C58H40N2/c1-57(2)48-23-11-13-25-50(48)58(51-26-14-12-24-49(51)57)47-33-31-41(40-30-32-44-42(34-40)29-28-37-16-9-10-21-43(37)44)35-46(47)55-45(22-15-27-52(55)58)54-36-53(38-17-5-3-6-18-38)59-56(60-54)39-19-7-4-8-20-39/h3-36H,1-2H3. The zero-order valence-corrected chi connectivity index (χ0v) is 33.5. The van der Waals surface area contributed by atoms with Gasteiger partial charge in [0.1, 0.15) is 0 Å². The molecule has 0 fully saturated rings. The first kappa shape index (κ1) is 34.6. The molecule has 2 heteroatoms. The van der Waals surface area contributed by atoms with Crippen LogP contribution in [0.2, 0.25) is 0 Å². The monoisotopic (exact) mass is 764 g/mol. The van der Waals surface area contributed by atoms with Crippen molar-refractivity contribution in [1.29, 1.82) is 0 Å². The second kappa shape index (κ2) is 13.0. The maximum Gasteiger partial charge on any atom is 0.160 e. The van der Waals surface area contributed by atoms with Crippen molar-refractivity contribution >= 4 is 21.5 Å². The van der Waals surface area contributed by atoms with Crippen LogP contribution in [0.15, 0.2) is 206 Å². The fourth-order valence-corrected chi connectivity index (χ4v) is 10.6. The molecule has 2 aliphatic carbocycles. The minimum atomic E-state index is -0.540. The number of benzene rings is 9. The molecule has 0 aliphatic heterocycles. The molecule has 0 saturated heterocycles. The lowest BCUT2D eigenvalue weighted by molar-refractivity contribution is 0.563. The molecule has 0 bridgehead atoms. The molecule has 1 spiro atoms. The summed E-state index contributed by atoms with van der Waals surface area (Å²) < 4.78 is 0. The largest absolute Gasteiger partial charge is 0.228 e. The van der Waals surface area contributed by atoms with Crippen LogP contribution in [0.25, 0.3) is 77.7 Å². The van der Waals surface area contributed by atoms with Crippen LogP contribution in [0, 0.1) is 0 Å². The van der Waals surface area contributed by atoms with E-state index in [1.807, 2.05) is 6.07 Å². The fourth-order valence-electron chi connectivity index (χ4n) is 10.6. The van der Waals surface area contributed by atoms with Crippen LogP contribution >= 0.6 is 0 Å². The third kappa shape index (κ3) is 4.94. The van der Waals surface area contributed by atoms with Gasteiger partial charge in [0.2, 0.25) is 0 Å². The summed E-state index contributed by atoms with van der Waals surface area (Å²) in [6, 6.07) is 75.6. The third-order valence-electron chi connectivity index (χ3n) is 13.4. The van der Waals surface area contributed by atoms with Gasteiger partial charge in [-0.15, -0.1) is 0 Å². The predicted molar refractivity (Wildman–Crippen MR) is 248 cm³/mol. The van der Waals surface area contributed by atoms with E-state index in [1.165, 1.54) is 77.2 Å². The third-order valence-corrected chi connectivity index (χ3v) is 13.4. The Hall–Kier alpha value is -7.42. The summed E-state index contributed by atoms with van der Waals surface area (Å²) in [6.07, 6.45) is 0. The zero-order chi connectivity index (χ0) is 40.0. The summed E-state index contributed by atoms with van der Waals surface area (Å²) in [7, 11) is 0. The van der Waals surface area contributed by atoms with Crippen LogP contribution in [0.4, 0.5) is 0 Å². The van der Waals surface area contributed by atoms with Crippen molar-refractivity contribution in [2.75, 3.05) is 0 Å². The topological polar surface area (TPSA) is 25.8 Å². The highest BCUT2D eigenvalue weighted by Gasteiger charge is 2.53. The summed E-state index contributed by atoms with van der Waals surface area (Å²) in [5.41, 5.74) is 17.1. The van der Waals surface area contributed by atoms with Crippen LogP contribution < -0.4 is 0 Å². The Morgan fingerprint density at radius 3 is 1.65 bits per heavy atom. The second-order valence-corrected chi connectivity index (χ2v) is 16.9. The first-order valence-corrected chi connectivity index (χ1v) is 20.9. The minimum Gasteiger partial charge on any atom is -0.228 e. The van der Waals surface area contributed by atoms with Gasteiger partial charge in [0.15, 0.2) is 5.82 Å². The highest BCUT2D eigenvalue weighted by atomic mass is 14.9. The quantitative estimate of drug-likeness (QED) is 0.167. The maximum atomic E-state index is 5.42. The van der Waals surface area contributed by atoms with Gasteiger partial charge in [-0.2, -0.15) is 0 Å². The SMILES string of the molecule is CC1(C)c2ccccc2C2(c3ccc(-c4ccc5c(ccc6ccccc65)c4)cc3-c3c(-c4cc(-c5ccccc5)nc(-c5ccccc5)n4)cccc32)c2ccccc21. The van der Waals surface area contributed by atoms with Crippen molar-refractivity contribution in [3.05, 3.63) is 240 Å². The Labute approximate surface area is 350 Å². The summed E-state index contributed by atoms with van der Waals surface area (Å²) in [6.45, 7) is 4.77. The fraction of sp³-hybridized carbons (Fsp3) is 0.0690. The summed E-state index contributed by atoms with van der Waals surface area (Å²) in [5.74, 6) is 0.713. The van der Waals surface area contributed by atoms with E-state index in [0.29, 0.717) is 5.82 Å². The summed E-state index contributed by atoms with van der Waals surface area (Å²) in [5, 5.41) is 5.05. The Balaban J connectivity index is 1.16. The Kier molecular flexibility index (Phi) is 7.52. The predicted octanol–water partition coefficient (Wildman–Crippen LogP) is 14.5. The van der Waals surface area contributed by atoms with Crippen LogP contribution in [0.3, 0.4) is 0 Å². The highest BCUT2D eigenvalue weighted by molar-refractivity contribution is 6.08. The molecule has 0 saturated carbocycles. The summed E-state index contributed by atoms with van der Waals surface area (Å²) >= 11 is 0. The van der Waals surface area contributed by atoms with Crippen molar-refractivity contribution in [1.82, 2.24) is 9.97 Å². The number of hydrogen-bond donors (Lipinski definition) is 0. The summed E-state index contributed by atoms with van der Waals surface area (Å²) in [4.78, 5) is 10.6. The van der Waals surface area contributed by atoms with Gasteiger partial charge in [0.05, 0.1) is 16.8 Å². The lowest BCUT2D eigenvalue weighted by Crippen LogP contribution is -2.40. The Morgan fingerprint density at radius 2 is 0.900 bits per heavy atom. The van der Waals surface area contributed by atoms with Crippen molar-refractivity contribution < 1.29 is 0 Å². The van der Waals surface area contributed by atoms with Crippen molar-refractivity contribution in [2.45, 2.75) is 24.7 Å². The first-order chi connectivity index (χ1) is 29.5. The van der Waals surface area contributed by atoms with E-state index in [1.54, 1.807) is 0 Å². The van der Waals surface area contributed by atoms with E-state index >= 15 is 0 Å². The average molecular weight is 765 g/mol. The van der Waals surface area contributed by atoms with Crippen LogP contribution in [-0.4, -0.2) is 9.97 Å². The molecule has 2 nitrogen and oxygen atoms in total. The molecule has 12 rings (SSSR count). The van der Waals surface area contributed by atoms with E-state index in [-0.39, 0.29) is 5.41 Å². The molecule has 282 valence electrons. The molecule has 0 unspecified atom stereocenters. The number of fused-ring (bicyclic) bond motifs is 12. The van der Waals surface area contributed by atoms with Gasteiger partial charge in [-0.25, -0.2) is 9.97 Å². The van der Waals surface area contributed by atoms with Gasteiger partial charge in [-0.3, -0.25) is 0 Å². The van der Waals surface area contributed by atoms with Crippen molar-refractivity contribution in [3.63, 3.8) is 0 Å². The number of aromatic nitrogens is 2. The molecule has 0 amide bonds. The van der Waals surface area contributed by atoms with Crippen molar-refractivity contribution in [3.8, 4) is 56.2 Å². The van der Waals surface area contributed by atoms with E-state index < -0.39 is 5.41 Å². The second-order valence-electron chi connectivity index (χ2n) is 16.9. The lowest BCUT2D eigenvalue weighted by Gasteiger charge is -2.46. The highest BCUT2D eigenvalue weighted by Crippen LogP contribution is 2.63. The van der Waals surface area contributed by atoms with Gasteiger partial charge >= 0.3 is 0 Å². The molecule has 0 atom stereocenters. The number of hydrogen-bond acceptors (Lipinski definition) is 2. The van der Waals surface area contributed by atoms with Gasteiger partial charge in [0, 0.05) is 22.1 Å². The van der Waals surface area contributed by atoms with Gasteiger partial charge < -0.3 is 0 Å².